The van der Waals surface area contributed by atoms with Crippen LogP contribution in [0, 0.1) is 24.1 Å². The third kappa shape index (κ3) is 6.04. The van der Waals surface area contributed by atoms with Gasteiger partial charge in [0, 0.05) is 29.2 Å². The Morgan fingerprint density at radius 3 is 2.59 bits per heavy atom. The molecule has 1 aliphatic heterocycles. The lowest BCUT2D eigenvalue weighted by atomic mass is 9.65. The number of nitrogens with zero attached hydrogens (tertiary/aromatic N) is 1. The summed E-state index contributed by atoms with van der Waals surface area (Å²) in [4.78, 5) is 30.2. The SMILES string of the molecule is Cc1c(F)cccc1[C@]1(F)C=CC(CCCCN(C)C)(C(=O)[C@H]2CCCNC2)C=C1C(=O)c1cccc(O)c1. The lowest BCUT2D eigenvalue weighted by molar-refractivity contribution is -0.129. The number of ketones is 2. The molecule has 0 amide bonds. The fourth-order valence-corrected chi connectivity index (χ4v) is 5.77. The molecule has 5 nitrogen and oxygen atoms in total. The maximum absolute atomic E-state index is 17.3. The monoisotopic (exact) mass is 536 g/mol. The number of alkyl halides is 1. The first kappa shape index (κ1) is 28.8. The van der Waals surface area contributed by atoms with Crippen LogP contribution in [0.1, 0.15) is 53.6 Å². The molecule has 1 fully saturated rings. The maximum atomic E-state index is 17.3. The number of carbonyl (C=O) groups is 2. The molecule has 1 heterocycles. The highest BCUT2D eigenvalue weighted by Crippen LogP contribution is 2.48. The fraction of sp³-hybridized carbons (Fsp3) is 0.438. The molecule has 1 aliphatic carbocycles. The predicted octanol–water partition coefficient (Wildman–Crippen LogP) is 5.67. The molecule has 7 heteroatoms. The number of halogens is 2. The molecule has 208 valence electrons. The standard InChI is InChI=1S/C32H38F2N2O3/c1-22-26(12-7-13-28(22)33)32(34)16-15-31(14-4-5-18-36(2)3,30(39)24-10-8-17-35-21-24)20-27(32)29(38)23-9-6-11-25(37)19-23/h6-7,9,11-13,15-16,19-20,24,35,37H,4-5,8,10,14,17-18,21H2,1-3H3/t24-,31?,32+/m0/s1. The number of phenols is 1. The summed E-state index contributed by atoms with van der Waals surface area (Å²) in [6.45, 7) is 3.71. The highest BCUT2D eigenvalue weighted by atomic mass is 19.1. The Balaban J connectivity index is 1.86. The van der Waals surface area contributed by atoms with E-state index in [0.717, 1.165) is 32.4 Å². The van der Waals surface area contributed by atoms with Gasteiger partial charge in [0.15, 0.2) is 17.2 Å². The molecule has 2 aliphatic rings. The molecule has 0 bridgehead atoms. The average molecular weight is 537 g/mol. The quantitative estimate of drug-likeness (QED) is 0.233. The zero-order valence-corrected chi connectivity index (χ0v) is 23.0. The van der Waals surface area contributed by atoms with E-state index in [1.165, 1.54) is 61.5 Å². The van der Waals surface area contributed by atoms with Crippen LogP contribution in [-0.2, 0) is 10.5 Å². The van der Waals surface area contributed by atoms with E-state index in [4.69, 9.17) is 0 Å². The number of hydrogen-bond acceptors (Lipinski definition) is 5. The van der Waals surface area contributed by atoms with Crippen LogP contribution in [0.4, 0.5) is 8.78 Å². The largest absolute Gasteiger partial charge is 0.508 e. The number of unbranched alkanes of at least 4 members (excludes halogenated alkanes) is 1. The molecule has 4 rings (SSSR count). The van der Waals surface area contributed by atoms with Gasteiger partial charge >= 0.3 is 0 Å². The summed E-state index contributed by atoms with van der Waals surface area (Å²) in [5, 5.41) is 13.3. The Labute approximate surface area is 229 Å². The molecule has 0 spiro atoms. The molecule has 0 radical (unpaired) electrons. The highest BCUT2D eigenvalue weighted by Gasteiger charge is 2.48. The predicted molar refractivity (Wildman–Crippen MR) is 149 cm³/mol. The number of allylic oxidation sites excluding steroid dienone is 4. The molecule has 39 heavy (non-hydrogen) atoms. The van der Waals surface area contributed by atoms with Gasteiger partial charge in [-0.05, 0) is 89.6 Å². The van der Waals surface area contributed by atoms with Gasteiger partial charge in [0.25, 0.3) is 0 Å². The summed E-state index contributed by atoms with van der Waals surface area (Å²) < 4.78 is 31.9. The van der Waals surface area contributed by atoms with Crippen LogP contribution in [0.15, 0.2) is 66.3 Å². The average Bonchev–Trinajstić information content (AvgIpc) is 2.93. The van der Waals surface area contributed by atoms with Crippen molar-refractivity contribution in [1.82, 2.24) is 10.2 Å². The number of nitrogens with one attached hydrogen (secondary N) is 1. The van der Waals surface area contributed by atoms with E-state index in [-0.39, 0.29) is 39.7 Å². The lowest BCUT2D eigenvalue weighted by Crippen LogP contribution is -2.44. The first-order valence-electron chi connectivity index (χ1n) is 13.7. The van der Waals surface area contributed by atoms with Crippen molar-refractivity contribution in [2.75, 3.05) is 33.7 Å². The molecular weight excluding hydrogens is 498 g/mol. The second-order valence-electron chi connectivity index (χ2n) is 11.1. The van der Waals surface area contributed by atoms with E-state index < -0.39 is 22.7 Å². The lowest BCUT2D eigenvalue weighted by Gasteiger charge is -2.39. The summed E-state index contributed by atoms with van der Waals surface area (Å²) in [7, 11) is 3.97. The van der Waals surface area contributed by atoms with E-state index in [1.54, 1.807) is 6.08 Å². The van der Waals surface area contributed by atoms with E-state index in [0.29, 0.717) is 19.4 Å². The number of carbonyl (C=O) groups excluding carboxylic acids is 2. The third-order valence-electron chi connectivity index (χ3n) is 7.99. The van der Waals surface area contributed by atoms with Crippen molar-refractivity contribution in [3.8, 4) is 5.75 Å². The van der Waals surface area contributed by atoms with Gasteiger partial charge in [-0.25, -0.2) is 8.78 Å². The normalized spacial score (nSPS) is 25.0. The molecular formula is C32H38F2N2O3. The zero-order chi connectivity index (χ0) is 28.2. The fourth-order valence-electron chi connectivity index (χ4n) is 5.77. The molecule has 2 N–H and O–H groups in total. The van der Waals surface area contributed by atoms with Crippen LogP contribution < -0.4 is 5.32 Å². The zero-order valence-electron chi connectivity index (χ0n) is 23.0. The number of rotatable bonds is 10. The summed E-state index contributed by atoms with van der Waals surface area (Å²) in [6.07, 6.45) is 7.98. The molecule has 2 aromatic rings. The number of aromatic hydroxyl groups is 1. The van der Waals surface area contributed by atoms with Gasteiger partial charge in [-0.3, -0.25) is 9.59 Å². The molecule has 0 saturated carbocycles. The van der Waals surface area contributed by atoms with Crippen molar-refractivity contribution in [2.24, 2.45) is 11.3 Å². The summed E-state index contributed by atoms with van der Waals surface area (Å²) in [6, 6.07) is 9.89. The van der Waals surface area contributed by atoms with Crippen molar-refractivity contribution in [3.63, 3.8) is 0 Å². The van der Waals surface area contributed by atoms with Crippen molar-refractivity contribution in [2.45, 2.75) is 44.7 Å². The minimum atomic E-state index is -2.45. The van der Waals surface area contributed by atoms with Crippen molar-refractivity contribution in [1.29, 1.82) is 0 Å². The van der Waals surface area contributed by atoms with Gasteiger partial charge < -0.3 is 15.3 Å². The van der Waals surface area contributed by atoms with Gasteiger partial charge in [-0.2, -0.15) is 0 Å². The van der Waals surface area contributed by atoms with Gasteiger partial charge in [0.2, 0.25) is 0 Å². The first-order chi connectivity index (χ1) is 18.6. The molecule has 1 unspecified atom stereocenters. The van der Waals surface area contributed by atoms with Crippen molar-refractivity contribution >= 4 is 11.6 Å². The van der Waals surface area contributed by atoms with Crippen LogP contribution in [0.25, 0.3) is 0 Å². The van der Waals surface area contributed by atoms with Crippen LogP contribution in [0.3, 0.4) is 0 Å². The van der Waals surface area contributed by atoms with E-state index >= 15 is 4.39 Å². The van der Waals surface area contributed by atoms with Gasteiger partial charge in [-0.1, -0.05) is 42.8 Å². The molecule has 2 aromatic carbocycles. The topological polar surface area (TPSA) is 69.6 Å². The summed E-state index contributed by atoms with van der Waals surface area (Å²) in [5.41, 5.74) is -3.64. The first-order valence-corrected chi connectivity index (χ1v) is 13.7. The summed E-state index contributed by atoms with van der Waals surface area (Å²) >= 11 is 0. The van der Waals surface area contributed by atoms with Gasteiger partial charge in [-0.15, -0.1) is 0 Å². The van der Waals surface area contributed by atoms with E-state index in [9.17, 15) is 19.1 Å². The Hall–Kier alpha value is -3.16. The Kier molecular flexibility index (Phi) is 8.82. The second-order valence-corrected chi connectivity index (χ2v) is 11.1. The number of hydrogen-bond donors (Lipinski definition) is 2. The minimum Gasteiger partial charge on any atom is -0.508 e. The van der Waals surface area contributed by atoms with Crippen molar-refractivity contribution in [3.05, 3.63) is 88.8 Å². The Morgan fingerprint density at radius 1 is 1.13 bits per heavy atom. The van der Waals surface area contributed by atoms with Crippen LogP contribution in [0.2, 0.25) is 0 Å². The van der Waals surface area contributed by atoms with Crippen LogP contribution in [-0.4, -0.2) is 55.3 Å². The van der Waals surface area contributed by atoms with Crippen LogP contribution >= 0.6 is 0 Å². The van der Waals surface area contributed by atoms with E-state index in [1.807, 2.05) is 14.1 Å². The third-order valence-corrected chi connectivity index (χ3v) is 7.99. The summed E-state index contributed by atoms with van der Waals surface area (Å²) in [5.74, 6) is -1.64. The maximum Gasteiger partial charge on any atom is 0.192 e. The van der Waals surface area contributed by atoms with Gasteiger partial charge in [0.1, 0.15) is 11.6 Å². The Morgan fingerprint density at radius 2 is 1.90 bits per heavy atom. The number of piperidine rings is 1. The second kappa shape index (κ2) is 11.9. The highest BCUT2D eigenvalue weighted by molar-refractivity contribution is 6.12. The van der Waals surface area contributed by atoms with Crippen molar-refractivity contribution < 1.29 is 23.5 Å². The Bertz CT molecular complexity index is 1280. The molecule has 0 aromatic heterocycles. The number of benzene rings is 2. The van der Waals surface area contributed by atoms with Gasteiger partial charge in [0.05, 0.1) is 5.41 Å². The number of Topliss-reactive ketones (excluding diaryl/α,β-unsaturated/α-hetero) is 2. The minimum absolute atomic E-state index is 0.0199. The van der Waals surface area contributed by atoms with E-state index in [2.05, 4.69) is 10.2 Å². The van der Waals surface area contributed by atoms with Crippen LogP contribution in [0.5, 0.6) is 5.75 Å². The number of phenolic OH excluding ortho intramolecular Hbond substituents is 1. The molecule has 3 atom stereocenters. The molecule has 1 saturated heterocycles. The smallest absolute Gasteiger partial charge is 0.192 e.